The summed E-state index contributed by atoms with van der Waals surface area (Å²) >= 11 is 0. The van der Waals surface area contributed by atoms with Crippen molar-refractivity contribution < 1.29 is 14.3 Å². The number of rotatable bonds is 2. The second kappa shape index (κ2) is 5.36. The molecule has 5 nitrogen and oxygen atoms in total. The maximum absolute atomic E-state index is 12.3. The van der Waals surface area contributed by atoms with Crippen molar-refractivity contribution in [2.75, 3.05) is 24.3 Å². The van der Waals surface area contributed by atoms with Crippen LogP contribution >= 0.6 is 0 Å². The van der Waals surface area contributed by atoms with Crippen LogP contribution in [0.1, 0.15) is 15.9 Å². The summed E-state index contributed by atoms with van der Waals surface area (Å²) in [5.74, 6) is 1.07. The monoisotopic (exact) mass is 284 g/mol. The summed E-state index contributed by atoms with van der Waals surface area (Å²) < 4.78 is 10.9. The van der Waals surface area contributed by atoms with Crippen molar-refractivity contribution in [3.8, 4) is 11.5 Å². The number of nitrogens with one attached hydrogen (secondary N) is 1. The average Bonchev–Trinajstić information content (AvgIpc) is 2.50. The molecule has 1 amide bonds. The van der Waals surface area contributed by atoms with Gasteiger partial charge in [-0.1, -0.05) is 0 Å². The fourth-order valence-electron chi connectivity index (χ4n) is 2.14. The summed E-state index contributed by atoms with van der Waals surface area (Å²) in [5, 5.41) is 2.84. The molecule has 2 aromatic rings. The number of hydrogen-bond donors (Lipinski definition) is 2. The summed E-state index contributed by atoms with van der Waals surface area (Å²) in [5.41, 5.74) is 8.62. The van der Waals surface area contributed by atoms with E-state index in [4.69, 9.17) is 15.2 Å². The van der Waals surface area contributed by atoms with E-state index < -0.39 is 0 Å². The van der Waals surface area contributed by atoms with Gasteiger partial charge in [0.1, 0.15) is 13.2 Å². The summed E-state index contributed by atoms with van der Waals surface area (Å²) in [6, 6.07) is 10.5. The molecular weight excluding hydrogens is 268 g/mol. The number of amides is 1. The highest BCUT2D eigenvalue weighted by Crippen LogP contribution is 2.31. The maximum atomic E-state index is 12.3. The fraction of sp³-hybridized carbons (Fsp3) is 0.188. The van der Waals surface area contributed by atoms with E-state index in [1.54, 1.807) is 30.3 Å². The number of benzene rings is 2. The number of nitrogens with two attached hydrogens (primary N) is 1. The molecule has 3 N–H and O–H groups in total. The summed E-state index contributed by atoms with van der Waals surface area (Å²) in [7, 11) is 0. The van der Waals surface area contributed by atoms with Crippen molar-refractivity contribution in [1.82, 2.24) is 0 Å². The third kappa shape index (κ3) is 2.76. The fourth-order valence-corrected chi connectivity index (χ4v) is 2.14. The molecule has 0 saturated carbocycles. The van der Waals surface area contributed by atoms with Gasteiger partial charge in [0.2, 0.25) is 0 Å². The van der Waals surface area contributed by atoms with Crippen molar-refractivity contribution >= 4 is 17.3 Å². The van der Waals surface area contributed by atoms with Gasteiger partial charge in [-0.15, -0.1) is 0 Å². The number of anilines is 2. The number of carbonyl (C=O) groups is 1. The van der Waals surface area contributed by atoms with Gasteiger partial charge in [-0.2, -0.15) is 0 Å². The smallest absolute Gasteiger partial charge is 0.255 e. The Balaban J connectivity index is 1.80. The lowest BCUT2D eigenvalue weighted by atomic mass is 10.1. The van der Waals surface area contributed by atoms with Crippen molar-refractivity contribution in [1.29, 1.82) is 0 Å². The Labute approximate surface area is 122 Å². The molecule has 108 valence electrons. The van der Waals surface area contributed by atoms with Gasteiger partial charge >= 0.3 is 0 Å². The molecular formula is C16H16N2O3. The third-order valence-corrected chi connectivity index (χ3v) is 3.33. The highest BCUT2D eigenvalue weighted by atomic mass is 16.6. The molecule has 1 heterocycles. The van der Waals surface area contributed by atoms with Crippen molar-refractivity contribution in [3.05, 3.63) is 47.5 Å². The van der Waals surface area contributed by atoms with Crippen LogP contribution in [0.2, 0.25) is 0 Å². The minimum absolute atomic E-state index is 0.198. The number of aryl methyl sites for hydroxylation is 1. The van der Waals surface area contributed by atoms with Gasteiger partial charge in [0.25, 0.3) is 5.91 Å². The average molecular weight is 284 g/mol. The van der Waals surface area contributed by atoms with Crippen LogP contribution < -0.4 is 20.5 Å². The van der Waals surface area contributed by atoms with Crippen molar-refractivity contribution in [3.63, 3.8) is 0 Å². The molecule has 1 aliphatic rings. The Morgan fingerprint density at radius 1 is 1.10 bits per heavy atom. The molecule has 5 heteroatoms. The van der Waals surface area contributed by atoms with E-state index in [0.29, 0.717) is 41.7 Å². The van der Waals surface area contributed by atoms with Gasteiger partial charge in [-0.25, -0.2) is 0 Å². The first kappa shape index (κ1) is 13.3. The third-order valence-electron chi connectivity index (χ3n) is 3.33. The maximum Gasteiger partial charge on any atom is 0.255 e. The zero-order valence-corrected chi connectivity index (χ0v) is 11.7. The van der Waals surface area contributed by atoms with Gasteiger partial charge in [-0.05, 0) is 48.9 Å². The van der Waals surface area contributed by atoms with E-state index in [-0.39, 0.29) is 5.91 Å². The standard InChI is InChI=1S/C16H16N2O3/c1-10-8-12(3-4-13(10)17)18-16(19)11-2-5-14-15(9-11)21-7-6-20-14/h2-5,8-9H,6-7,17H2,1H3,(H,18,19). The Bertz CT molecular complexity index is 698. The van der Waals surface area contributed by atoms with E-state index in [1.807, 2.05) is 13.0 Å². The number of hydrogen-bond acceptors (Lipinski definition) is 4. The van der Waals surface area contributed by atoms with Crippen molar-refractivity contribution in [2.24, 2.45) is 0 Å². The molecule has 0 fully saturated rings. The van der Waals surface area contributed by atoms with Crippen LogP contribution in [0.25, 0.3) is 0 Å². The number of ether oxygens (including phenoxy) is 2. The van der Waals surface area contributed by atoms with E-state index in [1.165, 1.54) is 0 Å². The summed E-state index contributed by atoms with van der Waals surface area (Å²) in [4.78, 5) is 12.3. The second-order valence-corrected chi connectivity index (χ2v) is 4.88. The van der Waals surface area contributed by atoms with Crippen LogP contribution in [0.3, 0.4) is 0 Å². The lowest BCUT2D eigenvalue weighted by Gasteiger charge is -2.18. The zero-order chi connectivity index (χ0) is 14.8. The lowest BCUT2D eigenvalue weighted by Crippen LogP contribution is -2.17. The van der Waals surface area contributed by atoms with Gasteiger partial charge in [-0.3, -0.25) is 4.79 Å². The molecule has 21 heavy (non-hydrogen) atoms. The lowest BCUT2D eigenvalue weighted by molar-refractivity contribution is 0.102. The van der Waals surface area contributed by atoms with E-state index >= 15 is 0 Å². The highest BCUT2D eigenvalue weighted by Gasteiger charge is 2.15. The van der Waals surface area contributed by atoms with Crippen LogP contribution in [-0.2, 0) is 0 Å². The molecule has 1 aliphatic heterocycles. The first-order valence-corrected chi connectivity index (χ1v) is 6.70. The number of fused-ring (bicyclic) bond motifs is 1. The molecule has 0 spiro atoms. The SMILES string of the molecule is Cc1cc(NC(=O)c2ccc3c(c2)OCCO3)ccc1N. The molecule has 0 saturated heterocycles. The number of nitrogen functional groups attached to an aromatic ring is 1. The van der Waals surface area contributed by atoms with Crippen LogP contribution in [0.15, 0.2) is 36.4 Å². The van der Waals surface area contributed by atoms with E-state index in [9.17, 15) is 4.79 Å². The Hall–Kier alpha value is -2.69. The largest absolute Gasteiger partial charge is 0.486 e. The van der Waals surface area contributed by atoms with Crippen molar-refractivity contribution in [2.45, 2.75) is 6.92 Å². The first-order chi connectivity index (χ1) is 10.1. The highest BCUT2D eigenvalue weighted by molar-refractivity contribution is 6.04. The van der Waals surface area contributed by atoms with Gasteiger partial charge in [0.05, 0.1) is 0 Å². The Morgan fingerprint density at radius 2 is 1.86 bits per heavy atom. The van der Waals surface area contributed by atoms with Crippen LogP contribution in [0, 0.1) is 6.92 Å². The van der Waals surface area contributed by atoms with Gasteiger partial charge in [0, 0.05) is 16.9 Å². The van der Waals surface area contributed by atoms with E-state index in [2.05, 4.69) is 5.32 Å². The topological polar surface area (TPSA) is 73.6 Å². The molecule has 0 aromatic heterocycles. The summed E-state index contributed by atoms with van der Waals surface area (Å²) in [6.45, 7) is 2.92. The molecule has 0 radical (unpaired) electrons. The molecule has 3 rings (SSSR count). The normalized spacial score (nSPS) is 12.8. The minimum atomic E-state index is -0.198. The second-order valence-electron chi connectivity index (χ2n) is 4.88. The predicted molar refractivity (Wildman–Crippen MR) is 81.0 cm³/mol. The van der Waals surface area contributed by atoms with Gasteiger partial charge < -0.3 is 20.5 Å². The Morgan fingerprint density at radius 3 is 2.62 bits per heavy atom. The van der Waals surface area contributed by atoms with Crippen LogP contribution in [0.5, 0.6) is 11.5 Å². The van der Waals surface area contributed by atoms with Crippen LogP contribution in [0.4, 0.5) is 11.4 Å². The molecule has 2 aromatic carbocycles. The van der Waals surface area contributed by atoms with Crippen LogP contribution in [-0.4, -0.2) is 19.1 Å². The minimum Gasteiger partial charge on any atom is -0.486 e. The number of carbonyl (C=O) groups excluding carboxylic acids is 1. The quantitative estimate of drug-likeness (QED) is 0.831. The van der Waals surface area contributed by atoms with E-state index in [0.717, 1.165) is 5.56 Å². The molecule has 0 aliphatic carbocycles. The Kier molecular flexibility index (Phi) is 3.39. The zero-order valence-electron chi connectivity index (χ0n) is 11.7. The molecule has 0 atom stereocenters. The first-order valence-electron chi connectivity index (χ1n) is 6.70. The molecule has 0 unspecified atom stereocenters. The predicted octanol–water partition coefficient (Wildman–Crippen LogP) is 2.60. The summed E-state index contributed by atoms with van der Waals surface area (Å²) in [6.07, 6.45) is 0. The molecule has 0 bridgehead atoms. The van der Waals surface area contributed by atoms with Gasteiger partial charge in [0.15, 0.2) is 11.5 Å².